The lowest BCUT2D eigenvalue weighted by atomic mass is 10.1. The van der Waals surface area contributed by atoms with Gasteiger partial charge in [0, 0.05) is 18.5 Å². The third-order valence-corrected chi connectivity index (χ3v) is 6.02. The van der Waals surface area contributed by atoms with E-state index >= 15 is 0 Å². The molecule has 0 aliphatic rings. The van der Waals surface area contributed by atoms with E-state index in [-0.39, 0.29) is 30.6 Å². The summed E-state index contributed by atoms with van der Waals surface area (Å²) in [6.07, 6.45) is 1.47. The molecule has 3 aromatic rings. The van der Waals surface area contributed by atoms with Gasteiger partial charge in [-0.1, -0.05) is 31.3 Å². The topological polar surface area (TPSA) is 135 Å². The lowest BCUT2D eigenvalue weighted by Gasteiger charge is -2.13. The number of carbonyl (C=O) groups excluding carboxylic acids is 2. The molecule has 2 amide bonds. The maximum Gasteiger partial charge on any atom is 0.268 e. The van der Waals surface area contributed by atoms with Crippen molar-refractivity contribution in [1.82, 2.24) is 10.2 Å². The van der Waals surface area contributed by atoms with E-state index in [0.29, 0.717) is 40.2 Å². The summed E-state index contributed by atoms with van der Waals surface area (Å²) in [7, 11) is 0. The number of anilines is 2. The van der Waals surface area contributed by atoms with Gasteiger partial charge >= 0.3 is 0 Å². The first-order valence-electron chi connectivity index (χ1n) is 12.0. The highest BCUT2D eigenvalue weighted by atomic mass is 32.1. The Hall–Kier alpha value is -4.43. The van der Waals surface area contributed by atoms with E-state index in [1.54, 1.807) is 42.5 Å². The van der Waals surface area contributed by atoms with Crippen molar-refractivity contribution in [2.24, 2.45) is 0 Å². The summed E-state index contributed by atoms with van der Waals surface area (Å²) in [6.45, 7) is 8.22. The summed E-state index contributed by atoms with van der Waals surface area (Å²) in [5.74, 6) is 1.11. The Morgan fingerprint density at radius 1 is 1.03 bits per heavy atom. The Bertz CT molecular complexity index is 1330. The van der Waals surface area contributed by atoms with E-state index < -0.39 is 5.91 Å². The molecule has 2 N–H and O–H groups in total. The smallest absolute Gasteiger partial charge is 0.268 e. The van der Waals surface area contributed by atoms with Crippen molar-refractivity contribution in [1.29, 1.82) is 5.26 Å². The first kappa shape index (κ1) is 28.1. The van der Waals surface area contributed by atoms with Gasteiger partial charge < -0.3 is 19.5 Å². The third kappa shape index (κ3) is 8.31. The summed E-state index contributed by atoms with van der Waals surface area (Å²) in [4.78, 5) is 23.7. The van der Waals surface area contributed by atoms with E-state index in [0.717, 1.165) is 5.01 Å². The molecule has 0 atom stereocenters. The number of ether oxygens (including phenoxy) is 3. The quantitative estimate of drug-likeness (QED) is 0.187. The molecule has 0 bridgehead atoms. The number of nitriles is 1. The van der Waals surface area contributed by atoms with Gasteiger partial charge in [0.1, 0.15) is 35.6 Å². The van der Waals surface area contributed by atoms with Gasteiger partial charge in [-0.3, -0.25) is 14.9 Å². The average Bonchev–Trinajstić information content (AvgIpc) is 3.35. The molecule has 10 nitrogen and oxygen atoms in total. The molecule has 3 rings (SSSR count). The molecule has 0 saturated carbocycles. The van der Waals surface area contributed by atoms with Crippen LogP contribution in [0, 0.1) is 11.3 Å². The Kier molecular flexibility index (Phi) is 10.2. The van der Waals surface area contributed by atoms with Gasteiger partial charge in [-0.05, 0) is 55.0 Å². The molecule has 0 aliphatic carbocycles. The molecule has 0 unspecified atom stereocenters. The third-order valence-electron chi connectivity index (χ3n) is 4.88. The van der Waals surface area contributed by atoms with Gasteiger partial charge in [0.15, 0.2) is 11.5 Å². The van der Waals surface area contributed by atoms with Crippen LogP contribution < -0.4 is 24.8 Å². The van der Waals surface area contributed by atoms with E-state index in [1.165, 1.54) is 24.3 Å². The van der Waals surface area contributed by atoms with Crippen LogP contribution in [0.1, 0.15) is 44.2 Å². The Morgan fingerprint density at radius 3 is 2.39 bits per heavy atom. The molecule has 198 valence electrons. The van der Waals surface area contributed by atoms with E-state index in [4.69, 9.17) is 14.2 Å². The number of rotatable bonds is 12. The fraction of sp³-hybridized carbons (Fsp3) is 0.296. The van der Waals surface area contributed by atoms with Crippen LogP contribution in [-0.4, -0.2) is 41.8 Å². The molecule has 0 fully saturated rings. The van der Waals surface area contributed by atoms with Crippen LogP contribution in [0.15, 0.2) is 48.0 Å². The van der Waals surface area contributed by atoms with Crippen LogP contribution in [0.5, 0.6) is 17.2 Å². The van der Waals surface area contributed by atoms with Gasteiger partial charge in [0.25, 0.3) is 5.91 Å². The van der Waals surface area contributed by atoms with E-state index in [9.17, 15) is 14.9 Å². The largest absolute Gasteiger partial charge is 0.490 e. The monoisotopic (exact) mass is 535 g/mol. The average molecular weight is 536 g/mol. The Balaban J connectivity index is 1.61. The molecule has 0 saturated heterocycles. The molecule has 1 aromatic heterocycles. The summed E-state index contributed by atoms with van der Waals surface area (Å²) >= 11 is 1.27. The Labute approximate surface area is 225 Å². The van der Waals surface area contributed by atoms with E-state index in [1.807, 2.05) is 26.8 Å². The molecule has 1 heterocycles. The highest BCUT2D eigenvalue weighted by molar-refractivity contribution is 7.15. The number of benzene rings is 2. The number of amides is 2. The van der Waals surface area contributed by atoms with Crippen molar-refractivity contribution < 1.29 is 23.8 Å². The number of aromatic nitrogens is 2. The van der Waals surface area contributed by atoms with Crippen molar-refractivity contribution in [3.8, 4) is 23.3 Å². The highest BCUT2D eigenvalue weighted by Crippen LogP contribution is 2.30. The highest BCUT2D eigenvalue weighted by Gasteiger charge is 2.15. The zero-order valence-electron chi connectivity index (χ0n) is 21.6. The molecule has 0 radical (unpaired) electrons. The SMILES string of the molecule is CCOc1cc(C=C(C#N)C(=O)Nc2nnc(C(C)C)s2)ccc1OCCOc1ccc(NC(C)=O)cc1. The minimum Gasteiger partial charge on any atom is -0.490 e. The van der Waals surface area contributed by atoms with Gasteiger partial charge in [-0.2, -0.15) is 5.26 Å². The normalized spacial score (nSPS) is 11.0. The molecule has 0 aliphatic heterocycles. The fourth-order valence-electron chi connectivity index (χ4n) is 3.15. The molecule has 2 aromatic carbocycles. The molecule has 38 heavy (non-hydrogen) atoms. The molecular weight excluding hydrogens is 506 g/mol. The number of hydrogen-bond donors (Lipinski definition) is 2. The lowest BCUT2D eigenvalue weighted by molar-refractivity contribution is -0.114. The van der Waals surface area contributed by atoms with Crippen LogP contribution in [0.25, 0.3) is 6.08 Å². The van der Waals surface area contributed by atoms with Crippen LogP contribution in [0.2, 0.25) is 0 Å². The summed E-state index contributed by atoms with van der Waals surface area (Å²) in [5, 5.41) is 24.0. The Morgan fingerprint density at radius 2 is 1.76 bits per heavy atom. The van der Waals surface area contributed by atoms with Gasteiger partial charge in [-0.25, -0.2) is 0 Å². The van der Waals surface area contributed by atoms with Crippen molar-refractivity contribution in [3.05, 3.63) is 58.6 Å². The van der Waals surface area contributed by atoms with Crippen molar-refractivity contribution in [2.45, 2.75) is 33.6 Å². The predicted octanol–water partition coefficient (Wildman–Crippen LogP) is 5.02. The maximum atomic E-state index is 12.6. The van der Waals surface area contributed by atoms with Gasteiger partial charge in [0.05, 0.1) is 6.61 Å². The van der Waals surface area contributed by atoms with Crippen molar-refractivity contribution in [2.75, 3.05) is 30.5 Å². The standard InChI is InChI=1S/C27H29N5O5S/c1-5-35-24-15-19(14-20(16-28)25(34)30-27-32-31-26(38-27)17(2)3)6-11-23(24)37-13-12-36-22-9-7-21(8-10-22)29-18(4)33/h6-11,14-15,17H,5,12-13H2,1-4H3,(H,29,33)(H,30,32,34). The van der Waals surface area contributed by atoms with Gasteiger partial charge in [0.2, 0.25) is 11.0 Å². The minimum absolute atomic E-state index is 0.0830. The fourth-order valence-corrected chi connectivity index (χ4v) is 3.89. The van der Waals surface area contributed by atoms with Gasteiger partial charge in [-0.15, -0.1) is 10.2 Å². The predicted molar refractivity (Wildman–Crippen MR) is 146 cm³/mol. The number of nitrogens with one attached hydrogen (secondary N) is 2. The zero-order chi connectivity index (χ0) is 27.5. The minimum atomic E-state index is -0.570. The van der Waals surface area contributed by atoms with Crippen LogP contribution in [0.4, 0.5) is 10.8 Å². The first-order valence-corrected chi connectivity index (χ1v) is 12.8. The molecular formula is C27H29N5O5S. The molecule has 0 spiro atoms. The van der Waals surface area contributed by atoms with Crippen molar-refractivity contribution >= 4 is 40.0 Å². The number of carbonyl (C=O) groups is 2. The summed E-state index contributed by atoms with van der Waals surface area (Å²) in [5.41, 5.74) is 1.21. The second-order valence-corrected chi connectivity index (χ2v) is 9.27. The summed E-state index contributed by atoms with van der Waals surface area (Å²) in [6, 6.07) is 14.1. The van der Waals surface area contributed by atoms with Crippen LogP contribution in [-0.2, 0) is 9.59 Å². The summed E-state index contributed by atoms with van der Waals surface area (Å²) < 4.78 is 17.2. The number of hydrogen-bond acceptors (Lipinski definition) is 9. The number of nitrogens with zero attached hydrogens (tertiary/aromatic N) is 3. The van der Waals surface area contributed by atoms with Crippen molar-refractivity contribution in [3.63, 3.8) is 0 Å². The second-order valence-electron chi connectivity index (χ2n) is 8.27. The van der Waals surface area contributed by atoms with Crippen LogP contribution in [0.3, 0.4) is 0 Å². The molecule has 11 heteroatoms. The van der Waals surface area contributed by atoms with Crippen LogP contribution >= 0.6 is 11.3 Å². The second kappa shape index (κ2) is 13.8. The first-order chi connectivity index (χ1) is 18.3. The zero-order valence-corrected chi connectivity index (χ0v) is 22.4. The van der Waals surface area contributed by atoms with E-state index in [2.05, 4.69) is 20.8 Å². The lowest BCUT2D eigenvalue weighted by Crippen LogP contribution is -2.13. The maximum absolute atomic E-state index is 12.6.